The lowest BCUT2D eigenvalue weighted by atomic mass is 10.1. The van der Waals surface area contributed by atoms with Crippen molar-refractivity contribution >= 4 is 11.7 Å². The van der Waals surface area contributed by atoms with Gasteiger partial charge in [0.2, 0.25) is 5.91 Å². The fourth-order valence-corrected chi connectivity index (χ4v) is 1.86. The Kier molecular flexibility index (Phi) is 6.36. The summed E-state index contributed by atoms with van der Waals surface area (Å²) in [4.78, 5) is 13.8. The normalized spacial score (nSPS) is 11.2. The molecule has 0 aliphatic rings. The summed E-state index contributed by atoms with van der Waals surface area (Å²) >= 11 is 0. The van der Waals surface area contributed by atoms with Crippen LogP contribution in [-0.4, -0.2) is 42.0 Å². The minimum Gasteiger partial charge on any atom is -0.497 e. The first-order chi connectivity index (χ1) is 9.60. The van der Waals surface area contributed by atoms with E-state index in [0.717, 1.165) is 12.0 Å². The van der Waals surface area contributed by atoms with Crippen LogP contribution in [-0.2, 0) is 11.2 Å². The molecule has 3 N–H and O–H groups in total. The average molecular weight is 279 g/mol. The maximum Gasteiger partial charge on any atom is 0.227 e. The van der Waals surface area contributed by atoms with Gasteiger partial charge in [0, 0.05) is 6.54 Å². The molecule has 20 heavy (non-hydrogen) atoms. The Balaban J connectivity index is 2.74. The van der Waals surface area contributed by atoms with E-state index in [4.69, 9.17) is 15.7 Å². The van der Waals surface area contributed by atoms with Gasteiger partial charge < -0.3 is 20.6 Å². The summed E-state index contributed by atoms with van der Waals surface area (Å²) < 4.78 is 5.13. The number of methoxy groups -OCH3 is 1. The number of amides is 1. The number of ether oxygens (including phenoxy) is 1. The van der Waals surface area contributed by atoms with Gasteiger partial charge in [0.25, 0.3) is 0 Å². The highest BCUT2D eigenvalue weighted by Crippen LogP contribution is 2.13. The molecule has 110 valence electrons. The first-order valence-corrected chi connectivity index (χ1v) is 6.47. The zero-order chi connectivity index (χ0) is 15.0. The number of hydrogen-bond acceptors (Lipinski definition) is 4. The number of oxime groups is 1. The van der Waals surface area contributed by atoms with E-state index in [0.29, 0.717) is 12.3 Å². The minimum absolute atomic E-state index is 0.0254. The van der Waals surface area contributed by atoms with Gasteiger partial charge in [-0.1, -0.05) is 24.2 Å². The molecule has 0 fully saturated rings. The lowest BCUT2D eigenvalue weighted by Crippen LogP contribution is -2.39. The second-order valence-corrected chi connectivity index (χ2v) is 4.43. The first-order valence-electron chi connectivity index (χ1n) is 6.47. The fraction of sp³-hybridized carbons (Fsp3) is 0.429. The highest BCUT2D eigenvalue weighted by molar-refractivity contribution is 5.87. The molecule has 1 rings (SSSR count). The summed E-state index contributed by atoms with van der Waals surface area (Å²) in [6.45, 7) is 2.67. The van der Waals surface area contributed by atoms with Gasteiger partial charge in [0.1, 0.15) is 5.75 Å². The molecule has 0 unspecified atom stereocenters. The highest BCUT2D eigenvalue weighted by Gasteiger charge is 2.15. The van der Waals surface area contributed by atoms with Crippen molar-refractivity contribution < 1.29 is 14.7 Å². The van der Waals surface area contributed by atoms with Crippen LogP contribution in [0, 0.1) is 0 Å². The molecular weight excluding hydrogens is 258 g/mol. The number of hydrogen-bond donors (Lipinski definition) is 2. The summed E-state index contributed by atoms with van der Waals surface area (Å²) in [5.74, 6) is 0.679. The Labute approximate surface area is 118 Å². The molecule has 0 aliphatic heterocycles. The van der Waals surface area contributed by atoms with Gasteiger partial charge in [-0.15, -0.1) is 0 Å². The zero-order valence-corrected chi connectivity index (χ0v) is 11.9. The maximum absolute atomic E-state index is 12.2. The third-order valence-corrected chi connectivity index (χ3v) is 2.82. The van der Waals surface area contributed by atoms with E-state index in [1.54, 1.807) is 12.0 Å². The smallest absolute Gasteiger partial charge is 0.227 e. The van der Waals surface area contributed by atoms with E-state index < -0.39 is 0 Å². The maximum atomic E-state index is 12.2. The van der Waals surface area contributed by atoms with Crippen LogP contribution >= 0.6 is 0 Å². The summed E-state index contributed by atoms with van der Waals surface area (Å²) in [5, 5.41) is 11.5. The number of rotatable bonds is 7. The predicted molar refractivity (Wildman–Crippen MR) is 77.0 cm³/mol. The van der Waals surface area contributed by atoms with Gasteiger partial charge in [0.15, 0.2) is 5.84 Å². The van der Waals surface area contributed by atoms with Gasteiger partial charge >= 0.3 is 0 Å². The molecule has 1 aromatic rings. The van der Waals surface area contributed by atoms with Gasteiger partial charge in [0.05, 0.1) is 20.1 Å². The summed E-state index contributed by atoms with van der Waals surface area (Å²) in [6.07, 6.45) is 1.07. The number of carbonyl (C=O) groups excluding carboxylic acids is 1. The van der Waals surface area contributed by atoms with Crippen LogP contribution in [0.2, 0.25) is 0 Å². The fourth-order valence-electron chi connectivity index (χ4n) is 1.86. The van der Waals surface area contributed by atoms with Crippen molar-refractivity contribution in [2.75, 3.05) is 20.2 Å². The highest BCUT2D eigenvalue weighted by atomic mass is 16.5. The Morgan fingerprint density at radius 3 is 2.85 bits per heavy atom. The van der Waals surface area contributed by atoms with Gasteiger partial charge in [-0.25, -0.2) is 0 Å². The lowest BCUT2D eigenvalue weighted by molar-refractivity contribution is -0.129. The van der Waals surface area contributed by atoms with Crippen LogP contribution in [0.4, 0.5) is 0 Å². The van der Waals surface area contributed by atoms with Crippen LogP contribution in [0.1, 0.15) is 18.9 Å². The second kappa shape index (κ2) is 8.04. The molecule has 0 radical (unpaired) electrons. The molecule has 6 heteroatoms. The van der Waals surface area contributed by atoms with Crippen molar-refractivity contribution in [3.05, 3.63) is 29.8 Å². The Bertz CT molecular complexity index is 474. The van der Waals surface area contributed by atoms with Crippen molar-refractivity contribution in [3.8, 4) is 5.75 Å². The van der Waals surface area contributed by atoms with Crippen LogP contribution in [0.5, 0.6) is 5.75 Å². The van der Waals surface area contributed by atoms with Crippen LogP contribution < -0.4 is 10.5 Å². The molecule has 0 spiro atoms. The Hall–Kier alpha value is -2.24. The van der Waals surface area contributed by atoms with Gasteiger partial charge in [-0.05, 0) is 24.1 Å². The standard InChI is InChI=1S/C14H21N3O3/c1-3-7-17(10-13(15)16-19)14(18)9-11-5-4-6-12(8-11)20-2/h4-6,8,19H,3,7,9-10H2,1-2H3,(H2,15,16). The van der Waals surface area contributed by atoms with E-state index >= 15 is 0 Å². The van der Waals surface area contributed by atoms with Crippen molar-refractivity contribution in [2.45, 2.75) is 19.8 Å². The zero-order valence-electron chi connectivity index (χ0n) is 11.9. The van der Waals surface area contributed by atoms with Crippen LogP contribution in [0.15, 0.2) is 29.4 Å². The third-order valence-electron chi connectivity index (χ3n) is 2.82. The molecule has 0 atom stereocenters. The molecule has 0 saturated carbocycles. The molecule has 0 bridgehead atoms. The molecule has 0 aromatic heterocycles. The minimum atomic E-state index is -0.0632. The molecule has 0 heterocycles. The van der Waals surface area contributed by atoms with E-state index in [9.17, 15) is 4.79 Å². The lowest BCUT2D eigenvalue weighted by Gasteiger charge is -2.21. The van der Waals surface area contributed by atoms with Crippen molar-refractivity contribution in [2.24, 2.45) is 10.9 Å². The van der Waals surface area contributed by atoms with E-state index in [-0.39, 0.29) is 24.7 Å². The predicted octanol–water partition coefficient (Wildman–Crippen LogP) is 1.22. The van der Waals surface area contributed by atoms with Crippen molar-refractivity contribution in [1.82, 2.24) is 4.90 Å². The molecule has 0 aliphatic carbocycles. The monoisotopic (exact) mass is 279 g/mol. The number of amidine groups is 1. The molecule has 6 nitrogen and oxygen atoms in total. The quantitative estimate of drug-likeness (QED) is 0.340. The van der Waals surface area contributed by atoms with Crippen LogP contribution in [0.3, 0.4) is 0 Å². The van der Waals surface area contributed by atoms with Crippen molar-refractivity contribution in [3.63, 3.8) is 0 Å². The molecular formula is C14H21N3O3. The van der Waals surface area contributed by atoms with E-state index in [2.05, 4.69) is 5.16 Å². The second-order valence-electron chi connectivity index (χ2n) is 4.43. The van der Waals surface area contributed by atoms with E-state index in [1.807, 2.05) is 31.2 Å². The number of nitrogens with zero attached hydrogens (tertiary/aromatic N) is 2. The SMILES string of the molecule is CCCN(CC(N)=NO)C(=O)Cc1cccc(OC)c1. The summed E-state index contributed by atoms with van der Waals surface area (Å²) in [6, 6.07) is 7.36. The number of benzene rings is 1. The average Bonchev–Trinajstić information content (AvgIpc) is 2.46. The van der Waals surface area contributed by atoms with Crippen LogP contribution in [0.25, 0.3) is 0 Å². The first kappa shape index (κ1) is 15.8. The summed E-state index contributed by atoms with van der Waals surface area (Å²) in [5.41, 5.74) is 6.34. The molecule has 0 saturated heterocycles. The topological polar surface area (TPSA) is 88.1 Å². The largest absolute Gasteiger partial charge is 0.497 e. The molecule has 1 aromatic carbocycles. The summed E-state index contributed by atoms with van der Waals surface area (Å²) in [7, 11) is 1.59. The van der Waals surface area contributed by atoms with Gasteiger partial charge in [-0.2, -0.15) is 0 Å². The Morgan fingerprint density at radius 1 is 1.50 bits per heavy atom. The van der Waals surface area contributed by atoms with Gasteiger partial charge in [-0.3, -0.25) is 4.79 Å². The number of nitrogens with two attached hydrogens (primary N) is 1. The van der Waals surface area contributed by atoms with Crippen molar-refractivity contribution in [1.29, 1.82) is 0 Å². The Morgan fingerprint density at radius 2 is 2.25 bits per heavy atom. The van der Waals surface area contributed by atoms with E-state index in [1.165, 1.54) is 0 Å². The molecule has 1 amide bonds. The number of carbonyl (C=O) groups is 1. The third kappa shape index (κ3) is 4.79.